The third kappa shape index (κ3) is 4.79. The van der Waals surface area contributed by atoms with Gasteiger partial charge in [-0.1, -0.05) is 35.9 Å². The molecule has 0 spiro atoms. The van der Waals surface area contributed by atoms with E-state index < -0.39 is 0 Å². The van der Waals surface area contributed by atoms with Gasteiger partial charge in [0, 0.05) is 30.0 Å². The molecular weight excluding hydrogens is 362 g/mol. The first kappa shape index (κ1) is 19.2. The first-order chi connectivity index (χ1) is 13.1. The van der Waals surface area contributed by atoms with Gasteiger partial charge in [0.25, 0.3) is 5.56 Å². The molecule has 0 N–H and O–H groups in total. The minimum atomic E-state index is -0.0340. The summed E-state index contributed by atoms with van der Waals surface area (Å²) >= 11 is 5.95. The molecule has 0 aliphatic carbocycles. The van der Waals surface area contributed by atoms with Crippen molar-refractivity contribution in [1.29, 1.82) is 0 Å². The van der Waals surface area contributed by atoms with Crippen LogP contribution in [-0.4, -0.2) is 25.4 Å². The fraction of sp³-hybridized carbons (Fsp3) is 0.227. The summed E-state index contributed by atoms with van der Waals surface area (Å²) in [6.07, 6.45) is 2.60. The van der Waals surface area contributed by atoms with Crippen molar-refractivity contribution in [1.82, 2.24) is 4.57 Å². The van der Waals surface area contributed by atoms with E-state index in [2.05, 4.69) is 0 Å². The summed E-state index contributed by atoms with van der Waals surface area (Å²) in [4.78, 5) is 12.6. The first-order valence-electron chi connectivity index (χ1n) is 8.72. The quantitative estimate of drug-likeness (QED) is 0.606. The number of aromatic nitrogens is 1. The smallest absolute Gasteiger partial charge is 0.251 e. The molecule has 0 amide bonds. The number of hydrogen-bond donors (Lipinski definition) is 0. The van der Waals surface area contributed by atoms with Crippen molar-refractivity contribution in [3.63, 3.8) is 0 Å². The molecule has 0 aliphatic rings. The van der Waals surface area contributed by atoms with Crippen LogP contribution >= 0.6 is 11.6 Å². The Kier molecular flexibility index (Phi) is 6.32. The van der Waals surface area contributed by atoms with E-state index in [1.807, 2.05) is 54.7 Å². The van der Waals surface area contributed by atoms with Crippen LogP contribution in [0.15, 0.2) is 65.6 Å². The molecule has 1 aromatic heterocycles. The predicted molar refractivity (Wildman–Crippen MR) is 109 cm³/mol. The molecule has 3 rings (SSSR count). The molecule has 0 unspecified atom stereocenters. The zero-order chi connectivity index (χ0) is 19.2. The topological polar surface area (TPSA) is 40.5 Å². The van der Waals surface area contributed by atoms with Crippen LogP contribution < -0.4 is 10.3 Å². The Hall–Kier alpha value is -2.56. The summed E-state index contributed by atoms with van der Waals surface area (Å²) in [5.41, 5.74) is 4.01. The third-order valence-electron chi connectivity index (χ3n) is 4.45. The van der Waals surface area contributed by atoms with Crippen molar-refractivity contribution in [2.45, 2.75) is 13.0 Å². The minimum absolute atomic E-state index is 0.0340. The van der Waals surface area contributed by atoms with E-state index in [1.54, 1.807) is 24.9 Å². The highest BCUT2D eigenvalue weighted by molar-refractivity contribution is 6.30. The Morgan fingerprint density at radius 3 is 2.33 bits per heavy atom. The van der Waals surface area contributed by atoms with E-state index in [-0.39, 0.29) is 5.56 Å². The minimum Gasteiger partial charge on any atom is -0.497 e. The molecule has 1 heterocycles. The number of hydrogen-bond acceptors (Lipinski definition) is 3. The molecule has 0 fully saturated rings. The highest BCUT2D eigenvalue weighted by Crippen LogP contribution is 2.25. The van der Waals surface area contributed by atoms with Gasteiger partial charge in [-0.05, 0) is 47.4 Å². The number of pyridine rings is 1. The fourth-order valence-electron chi connectivity index (χ4n) is 2.97. The lowest BCUT2D eigenvalue weighted by molar-refractivity contribution is 0.202. The first-order valence-corrected chi connectivity index (χ1v) is 9.09. The number of benzene rings is 2. The van der Waals surface area contributed by atoms with Gasteiger partial charge in [0.2, 0.25) is 0 Å². The number of ether oxygens (including phenoxy) is 2. The second-order valence-electron chi connectivity index (χ2n) is 6.28. The van der Waals surface area contributed by atoms with Crippen LogP contribution in [0.1, 0.15) is 11.1 Å². The third-order valence-corrected chi connectivity index (χ3v) is 4.71. The van der Waals surface area contributed by atoms with Crippen LogP contribution in [0.4, 0.5) is 0 Å². The van der Waals surface area contributed by atoms with Crippen molar-refractivity contribution in [3.05, 3.63) is 87.3 Å². The second-order valence-corrected chi connectivity index (χ2v) is 6.71. The molecule has 2 aromatic carbocycles. The van der Waals surface area contributed by atoms with Gasteiger partial charge in [0.1, 0.15) is 5.75 Å². The van der Waals surface area contributed by atoms with E-state index in [4.69, 9.17) is 21.1 Å². The molecule has 0 bridgehead atoms. The summed E-state index contributed by atoms with van der Waals surface area (Å²) < 4.78 is 12.2. The lowest BCUT2D eigenvalue weighted by atomic mass is 9.99. The molecule has 0 atom stereocenters. The molecule has 3 aromatic rings. The molecule has 0 radical (unpaired) electrons. The second kappa shape index (κ2) is 8.89. The molecular formula is C22H22ClNO3. The van der Waals surface area contributed by atoms with E-state index >= 15 is 0 Å². The lowest BCUT2D eigenvalue weighted by Gasteiger charge is -2.14. The van der Waals surface area contributed by atoms with Gasteiger partial charge in [0.15, 0.2) is 0 Å². The normalized spacial score (nSPS) is 10.8. The Labute approximate surface area is 163 Å². The van der Waals surface area contributed by atoms with Crippen LogP contribution in [0.5, 0.6) is 5.75 Å². The van der Waals surface area contributed by atoms with Gasteiger partial charge in [0.05, 0.1) is 20.3 Å². The Balaban J connectivity index is 2.01. The predicted octanol–water partition coefficient (Wildman–Crippen LogP) is 4.41. The number of nitrogens with zero attached hydrogens (tertiary/aromatic N) is 1. The lowest BCUT2D eigenvalue weighted by Crippen LogP contribution is -2.21. The SMILES string of the molecule is COCCc1cc(=O)n(Cc2ccc(Cl)cc2)cc1-c1ccc(OC)cc1. The summed E-state index contributed by atoms with van der Waals surface area (Å²) in [6.45, 7) is 1.05. The fourth-order valence-corrected chi connectivity index (χ4v) is 3.10. The van der Waals surface area contributed by atoms with Gasteiger partial charge >= 0.3 is 0 Å². The van der Waals surface area contributed by atoms with Crippen LogP contribution in [0.2, 0.25) is 5.02 Å². The van der Waals surface area contributed by atoms with E-state index in [1.165, 1.54) is 0 Å². The molecule has 5 heteroatoms. The maximum Gasteiger partial charge on any atom is 0.251 e. The van der Waals surface area contributed by atoms with Crippen molar-refractivity contribution < 1.29 is 9.47 Å². The van der Waals surface area contributed by atoms with Gasteiger partial charge in [-0.2, -0.15) is 0 Å². The van der Waals surface area contributed by atoms with Crippen molar-refractivity contribution in [3.8, 4) is 16.9 Å². The van der Waals surface area contributed by atoms with Gasteiger partial charge in [-0.15, -0.1) is 0 Å². The number of halogens is 1. The average Bonchev–Trinajstić information content (AvgIpc) is 2.69. The summed E-state index contributed by atoms with van der Waals surface area (Å²) in [6, 6.07) is 17.1. The maximum absolute atomic E-state index is 12.6. The van der Waals surface area contributed by atoms with Crippen LogP contribution in [0.3, 0.4) is 0 Å². The summed E-state index contributed by atoms with van der Waals surface area (Å²) in [5.74, 6) is 0.798. The molecule has 4 nitrogen and oxygen atoms in total. The zero-order valence-corrected chi connectivity index (χ0v) is 16.2. The van der Waals surface area contributed by atoms with Crippen LogP contribution in [-0.2, 0) is 17.7 Å². The van der Waals surface area contributed by atoms with Gasteiger partial charge in [-0.3, -0.25) is 4.79 Å². The van der Waals surface area contributed by atoms with E-state index in [0.29, 0.717) is 24.6 Å². The summed E-state index contributed by atoms with van der Waals surface area (Å²) in [5, 5.41) is 0.680. The molecule has 27 heavy (non-hydrogen) atoms. The largest absolute Gasteiger partial charge is 0.497 e. The van der Waals surface area contributed by atoms with Crippen molar-refractivity contribution in [2.24, 2.45) is 0 Å². The maximum atomic E-state index is 12.6. The molecule has 0 saturated heterocycles. The highest BCUT2D eigenvalue weighted by atomic mass is 35.5. The molecule has 0 saturated carbocycles. The number of methoxy groups -OCH3 is 2. The van der Waals surface area contributed by atoms with E-state index in [0.717, 1.165) is 28.0 Å². The highest BCUT2D eigenvalue weighted by Gasteiger charge is 2.10. The monoisotopic (exact) mass is 383 g/mol. The van der Waals surface area contributed by atoms with Crippen LogP contribution in [0, 0.1) is 0 Å². The van der Waals surface area contributed by atoms with Crippen molar-refractivity contribution >= 4 is 11.6 Å². The van der Waals surface area contributed by atoms with Crippen molar-refractivity contribution in [2.75, 3.05) is 20.8 Å². The molecule has 140 valence electrons. The van der Waals surface area contributed by atoms with Gasteiger partial charge in [-0.25, -0.2) is 0 Å². The standard InChI is InChI=1S/C22H22ClNO3/c1-26-12-11-18-13-22(25)24(14-16-3-7-19(23)8-4-16)15-21(18)17-5-9-20(27-2)10-6-17/h3-10,13,15H,11-12,14H2,1-2H3. The zero-order valence-electron chi connectivity index (χ0n) is 15.4. The Morgan fingerprint density at radius 2 is 1.70 bits per heavy atom. The van der Waals surface area contributed by atoms with Crippen LogP contribution in [0.25, 0.3) is 11.1 Å². The number of rotatable bonds is 7. The Morgan fingerprint density at radius 1 is 1.00 bits per heavy atom. The summed E-state index contributed by atoms with van der Waals surface area (Å²) in [7, 11) is 3.31. The average molecular weight is 384 g/mol. The Bertz CT molecular complexity index is 947. The van der Waals surface area contributed by atoms with E-state index in [9.17, 15) is 4.79 Å². The molecule has 0 aliphatic heterocycles. The van der Waals surface area contributed by atoms with Gasteiger partial charge < -0.3 is 14.0 Å².